The first-order chi connectivity index (χ1) is 4.72. The summed E-state index contributed by atoms with van der Waals surface area (Å²) >= 11 is 0. The molecule has 0 atom stereocenters. The zero-order valence-corrected chi connectivity index (χ0v) is 5.62. The van der Waals surface area contributed by atoms with Crippen LogP contribution in [0.5, 0.6) is 0 Å². The topological polar surface area (TPSA) is 52.6 Å². The Morgan fingerprint density at radius 1 is 1.70 bits per heavy atom. The van der Waals surface area contributed by atoms with E-state index < -0.39 is 5.97 Å². The summed E-state index contributed by atoms with van der Waals surface area (Å²) < 4.78 is 8.54. The second kappa shape index (κ2) is 4.55. The van der Waals surface area contributed by atoms with Crippen LogP contribution in [0.25, 0.3) is 0 Å². The molecule has 0 aromatic carbocycles. The molecule has 0 saturated carbocycles. The molecule has 0 unspecified atom stereocenters. The zero-order valence-electron chi connectivity index (χ0n) is 5.62. The molecular formula is C6H8O4. The molecule has 0 amide bonds. The third-order valence-corrected chi connectivity index (χ3v) is 0.701. The SMILES string of the molecule is C=C(OCC)C(=O)OC=O. The van der Waals surface area contributed by atoms with Crippen molar-refractivity contribution in [1.82, 2.24) is 0 Å². The Labute approximate surface area is 58.4 Å². The number of rotatable bonds is 4. The molecule has 56 valence electrons. The van der Waals surface area contributed by atoms with E-state index in [1.165, 1.54) is 0 Å². The van der Waals surface area contributed by atoms with Crippen LogP contribution in [0, 0.1) is 0 Å². The van der Waals surface area contributed by atoms with Crippen molar-refractivity contribution in [3.63, 3.8) is 0 Å². The molecule has 0 spiro atoms. The van der Waals surface area contributed by atoms with Gasteiger partial charge in [-0.3, -0.25) is 4.79 Å². The fourth-order valence-corrected chi connectivity index (χ4v) is 0.343. The molecule has 0 aromatic heterocycles. The van der Waals surface area contributed by atoms with Crippen molar-refractivity contribution in [3.8, 4) is 0 Å². The minimum Gasteiger partial charge on any atom is -0.487 e. The van der Waals surface area contributed by atoms with Crippen molar-refractivity contribution in [1.29, 1.82) is 0 Å². The second-order valence-corrected chi connectivity index (χ2v) is 1.36. The molecule has 0 bridgehead atoms. The van der Waals surface area contributed by atoms with Gasteiger partial charge in [0.15, 0.2) is 5.76 Å². The Morgan fingerprint density at radius 3 is 2.70 bits per heavy atom. The summed E-state index contributed by atoms with van der Waals surface area (Å²) in [4.78, 5) is 20.0. The molecule has 0 aliphatic rings. The lowest BCUT2D eigenvalue weighted by atomic mass is 10.6. The number of hydrogen-bond donors (Lipinski definition) is 0. The summed E-state index contributed by atoms with van der Waals surface area (Å²) in [6, 6.07) is 0. The number of hydrogen-bond acceptors (Lipinski definition) is 4. The van der Waals surface area contributed by atoms with Gasteiger partial charge in [0.1, 0.15) is 0 Å². The number of carbonyl (C=O) groups excluding carboxylic acids is 2. The van der Waals surface area contributed by atoms with Gasteiger partial charge in [0.25, 0.3) is 0 Å². The Morgan fingerprint density at radius 2 is 2.30 bits per heavy atom. The van der Waals surface area contributed by atoms with Gasteiger partial charge in [-0.15, -0.1) is 0 Å². The summed E-state index contributed by atoms with van der Waals surface area (Å²) in [5.41, 5.74) is 0. The minimum atomic E-state index is -0.850. The monoisotopic (exact) mass is 144 g/mol. The zero-order chi connectivity index (χ0) is 7.98. The first-order valence-corrected chi connectivity index (χ1v) is 2.68. The largest absolute Gasteiger partial charge is 0.487 e. The van der Waals surface area contributed by atoms with Gasteiger partial charge in [0.05, 0.1) is 6.61 Å². The van der Waals surface area contributed by atoms with Crippen LogP contribution in [-0.4, -0.2) is 19.0 Å². The molecule has 0 fully saturated rings. The third kappa shape index (κ3) is 2.86. The first-order valence-electron chi connectivity index (χ1n) is 2.68. The first kappa shape index (κ1) is 8.68. The number of carbonyl (C=O) groups is 2. The Balaban J connectivity index is 3.70. The molecule has 0 aromatic rings. The van der Waals surface area contributed by atoms with E-state index in [9.17, 15) is 9.59 Å². The third-order valence-electron chi connectivity index (χ3n) is 0.701. The fraction of sp³-hybridized carbons (Fsp3) is 0.333. The van der Waals surface area contributed by atoms with Crippen molar-refractivity contribution >= 4 is 12.4 Å². The van der Waals surface area contributed by atoms with Gasteiger partial charge < -0.3 is 9.47 Å². The van der Waals surface area contributed by atoms with Gasteiger partial charge in [-0.2, -0.15) is 0 Å². The van der Waals surface area contributed by atoms with Gasteiger partial charge in [-0.05, 0) is 13.5 Å². The molecule has 4 heteroatoms. The van der Waals surface area contributed by atoms with Gasteiger partial charge in [-0.1, -0.05) is 0 Å². The lowest BCUT2D eigenvalue weighted by molar-refractivity contribution is -0.150. The molecule has 0 aliphatic carbocycles. The highest BCUT2D eigenvalue weighted by Crippen LogP contribution is 1.94. The molecule has 0 saturated heterocycles. The van der Waals surface area contributed by atoms with Gasteiger partial charge in [0, 0.05) is 0 Å². The van der Waals surface area contributed by atoms with E-state index in [1.807, 2.05) is 0 Å². The van der Waals surface area contributed by atoms with E-state index in [-0.39, 0.29) is 12.2 Å². The summed E-state index contributed by atoms with van der Waals surface area (Å²) in [6.45, 7) is 5.26. The van der Waals surface area contributed by atoms with Crippen LogP contribution in [-0.2, 0) is 19.1 Å². The van der Waals surface area contributed by atoms with Crippen LogP contribution in [0.4, 0.5) is 0 Å². The lowest BCUT2D eigenvalue weighted by Crippen LogP contribution is -2.08. The van der Waals surface area contributed by atoms with E-state index in [0.717, 1.165) is 0 Å². The quantitative estimate of drug-likeness (QED) is 0.186. The van der Waals surface area contributed by atoms with Crippen LogP contribution in [0.3, 0.4) is 0 Å². The maximum absolute atomic E-state index is 10.5. The smallest absolute Gasteiger partial charge is 0.380 e. The van der Waals surface area contributed by atoms with Crippen LogP contribution in [0.1, 0.15) is 6.92 Å². The van der Waals surface area contributed by atoms with Gasteiger partial charge in [0.2, 0.25) is 0 Å². The van der Waals surface area contributed by atoms with E-state index in [2.05, 4.69) is 16.1 Å². The average molecular weight is 144 g/mol. The van der Waals surface area contributed by atoms with E-state index in [1.54, 1.807) is 6.92 Å². The second-order valence-electron chi connectivity index (χ2n) is 1.36. The van der Waals surface area contributed by atoms with Crippen molar-refractivity contribution < 1.29 is 19.1 Å². The van der Waals surface area contributed by atoms with Gasteiger partial charge >= 0.3 is 12.4 Å². The van der Waals surface area contributed by atoms with Crippen LogP contribution in [0.15, 0.2) is 12.3 Å². The van der Waals surface area contributed by atoms with E-state index >= 15 is 0 Å². The van der Waals surface area contributed by atoms with Crippen molar-refractivity contribution in [3.05, 3.63) is 12.3 Å². The molecule has 4 nitrogen and oxygen atoms in total. The molecule has 10 heavy (non-hydrogen) atoms. The van der Waals surface area contributed by atoms with E-state index in [0.29, 0.717) is 6.61 Å². The average Bonchev–Trinajstić information content (AvgIpc) is 1.89. The molecule has 0 rings (SSSR count). The fourth-order valence-electron chi connectivity index (χ4n) is 0.343. The van der Waals surface area contributed by atoms with Crippen molar-refractivity contribution in [2.24, 2.45) is 0 Å². The number of esters is 1. The molecular weight excluding hydrogens is 136 g/mol. The summed E-state index contributed by atoms with van der Waals surface area (Å²) in [5, 5.41) is 0. The maximum atomic E-state index is 10.5. The number of ether oxygens (including phenoxy) is 2. The highest BCUT2D eigenvalue weighted by atomic mass is 16.6. The Kier molecular flexibility index (Phi) is 3.95. The molecule has 0 aliphatic heterocycles. The minimum absolute atomic E-state index is 0.0343. The summed E-state index contributed by atoms with van der Waals surface area (Å²) in [7, 11) is 0. The Hall–Kier alpha value is -1.32. The van der Waals surface area contributed by atoms with Crippen LogP contribution < -0.4 is 0 Å². The Bertz CT molecular complexity index is 150. The van der Waals surface area contributed by atoms with Crippen molar-refractivity contribution in [2.75, 3.05) is 6.61 Å². The highest BCUT2D eigenvalue weighted by molar-refractivity contribution is 5.89. The summed E-state index contributed by atoms with van der Waals surface area (Å²) in [6.07, 6.45) is 0. The van der Waals surface area contributed by atoms with Crippen LogP contribution in [0.2, 0.25) is 0 Å². The van der Waals surface area contributed by atoms with Crippen molar-refractivity contribution in [2.45, 2.75) is 6.92 Å². The predicted octanol–water partition coefficient (Wildman–Crippen LogP) is 0.236. The molecule has 0 N–H and O–H groups in total. The van der Waals surface area contributed by atoms with E-state index in [4.69, 9.17) is 0 Å². The van der Waals surface area contributed by atoms with Crippen LogP contribution >= 0.6 is 0 Å². The standard InChI is InChI=1S/C6H8O4/c1-3-9-5(2)6(8)10-4-7/h4H,2-3H2,1H3. The summed E-state index contributed by atoms with van der Waals surface area (Å²) in [5.74, 6) is -1.01. The van der Waals surface area contributed by atoms with Gasteiger partial charge in [-0.25, -0.2) is 4.79 Å². The molecule has 0 heterocycles. The maximum Gasteiger partial charge on any atom is 0.380 e. The normalized spacial score (nSPS) is 8.10. The lowest BCUT2D eigenvalue weighted by Gasteiger charge is -2.01. The molecule has 0 radical (unpaired) electrons. The highest BCUT2D eigenvalue weighted by Gasteiger charge is 2.07. The predicted molar refractivity (Wildman–Crippen MR) is 32.9 cm³/mol.